The summed E-state index contributed by atoms with van der Waals surface area (Å²) >= 11 is 1.69. The molecule has 0 N–H and O–H groups in total. The minimum atomic E-state index is 0.386. The lowest BCUT2D eigenvalue weighted by Crippen LogP contribution is -2.08. The van der Waals surface area contributed by atoms with E-state index >= 15 is 0 Å². The van der Waals surface area contributed by atoms with Crippen LogP contribution in [0.3, 0.4) is 0 Å². The van der Waals surface area contributed by atoms with E-state index < -0.39 is 0 Å². The van der Waals surface area contributed by atoms with E-state index in [0.717, 1.165) is 28.0 Å². The summed E-state index contributed by atoms with van der Waals surface area (Å²) in [4.78, 5) is 0. The van der Waals surface area contributed by atoms with Crippen LogP contribution in [0, 0.1) is 13.8 Å². The summed E-state index contributed by atoms with van der Waals surface area (Å²) in [6.07, 6.45) is 1.86. The number of nitrogens with zero attached hydrogens (tertiary/aromatic N) is 3. The van der Waals surface area contributed by atoms with E-state index in [9.17, 15) is 0 Å². The van der Waals surface area contributed by atoms with Crippen LogP contribution in [-0.2, 0) is 18.9 Å². The van der Waals surface area contributed by atoms with Crippen molar-refractivity contribution in [2.75, 3.05) is 0 Å². The van der Waals surface area contributed by atoms with Crippen LogP contribution in [0.15, 0.2) is 66.3 Å². The maximum absolute atomic E-state index is 5.94. The molecule has 1 aromatic heterocycles. The number of para-hydroxylation sites is 1. The van der Waals surface area contributed by atoms with Crippen LogP contribution in [0.5, 0.6) is 5.75 Å². The Labute approximate surface area is 158 Å². The van der Waals surface area contributed by atoms with Gasteiger partial charge in [0.15, 0.2) is 11.0 Å². The predicted molar refractivity (Wildman–Crippen MR) is 106 cm³/mol. The third-order valence-corrected chi connectivity index (χ3v) is 5.19. The lowest BCUT2D eigenvalue weighted by Gasteiger charge is -2.11. The Morgan fingerprint density at radius 2 is 1.77 bits per heavy atom. The van der Waals surface area contributed by atoms with Crippen LogP contribution >= 0.6 is 11.8 Å². The molecule has 0 atom stereocenters. The number of allylic oxidation sites excluding steroid dienone is 1. The van der Waals surface area contributed by atoms with Gasteiger partial charge >= 0.3 is 0 Å². The van der Waals surface area contributed by atoms with E-state index in [-0.39, 0.29) is 0 Å². The van der Waals surface area contributed by atoms with Crippen molar-refractivity contribution in [2.45, 2.75) is 37.9 Å². The molecule has 0 spiro atoms. The molecule has 0 radical (unpaired) electrons. The lowest BCUT2D eigenvalue weighted by atomic mass is 10.1. The molecule has 0 aliphatic rings. The van der Waals surface area contributed by atoms with Gasteiger partial charge in [0.1, 0.15) is 12.4 Å². The van der Waals surface area contributed by atoms with Crippen molar-refractivity contribution in [1.29, 1.82) is 0 Å². The Morgan fingerprint density at radius 1 is 1.04 bits per heavy atom. The first-order valence-corrected chi connectivity index (χ1v) is 9.56. The van der Waals surface area contributed by atoms with Gasteiger partial charge in [0, 0.05) is 12.3 Å². The molecule has 5 heteroatoms. The highest BCUT2D eigenvalue weighted by molar-refractivity contribution is 7.98. The van der Waals surface area contributed by atoms with Crippen LogP contribution in [0.2, 0.25) is 0 Å². The van der Waals surface area contributed by atoms with Gasteiger partial charge in [-0.25, -0.2) is 0 Å². The zero-order valence-corrected chi connectivity index (χ0v) is 16.0. The van der Waals surface area contributed by atoms with Crippen LogP contribution in [0.1, 0.15) is 22.5 Å². The van der Waals surface area contributed by atoms with Gasteiger partial charge in [0.25, 0.3) is 0 Å². The van der Waals surface area contributed by atoms with Crippen molar-refractivity contribution in [3.63, 3.8) is 0 Å². The van der Waals surface area contributed by atoms with Crippen LogP contribution in [-0.4, -0.2) is 14.8 Å². The molecule has 0 bridgehead atoms. The zero-order valence-electron chi connectivity index (χ0n) is 15.2. The molecule has 26 heavy (non-hydrogen) atoms. The van der Waals surface area contributed by atoms with Gasteiger partial charge in [-0.1, -0.05) is 60.3 Å². The predicted octanol–water partition coefficient (Wildman–Crippen LogP) is 4.95. The molecular formula is C21H23N3OS. The number of aromatic nitrogens is 3. The fraction of sp³-hybridized carbons (Fsp3) is 0.238. The van der Waals surface area contributed by atoms with Gasteiger partial charge in [0.2, 0.25) is 0 Å². The van der Waals surface area contributed by atoms with Crippen LogP contribution in [0.4, 0.5) is 0 Å². The molecule has 0 saturated carbocycles. The number of hydrogen-bond donors (Lipinski definition) is 0. The van der Waals surface area contributed by atoms with Crippen molar-refractivity contribution < 1.29 is 4.74 Å². The maximum Gasteiger partial charge on any atom is 0.191 e. The molecule has 134 valence electrons. The van der Waals surface area contributed by atoms with Gasteiger partial charge < -0.3 is 4.74 Å². The lowest BCUT2D eigenvalue weighted by molar-refractivity contribution is 0.287. The van der Waals surface area contributed by atoms with Crippen molar-refractivity contribution in [3.05, 3.63) is 83.7 Å². The average molecular weight is 366 g/mol. The summed E-state index contributed by atoms with van der Waals surface area (Å²) in [6, 6.07) is 16.4. The number of rotatable bonds is 8. The zero-order chi connectivity index (χ0) is 18.4. The van der Waals surface area contributed by atoms with E-state index in [1.165, 1.54) is 11.1 Å². The first-order chi connectivity index (χ1) is 12.7. The smallest absolute Gasteiger partial charge is 0.191 e. The Bertz CT molecular complexity index is 821. The molecular weight excluding hydrogens is 342 g/mol. The first-order valence-electron chi connectivity index (χ1n) is 8.57. The van der Waals surface area contributed by atoms with Gasteiger partial charge in [0.05, 0.1) is 0 Å². The highest BCUT2D eigenvalue weighted by atomic mass is 32.2. The number of hydrogen-bond acceptors (Lipinski definition) is 4. The Morgan fingerprint density at radius 3 is 2.50 bits per heavy atom. The minimum Gasteiger partial charge on any atom is -0.485 e. The summed E-state index contributed by atoms with van der Waals surface area (Å²) < 4.78 is 8.00. The third-order valence-electron chi connectivity index (χ3n) is 4.17. The van der Waals surface area contributed by atoms with Crippen molar-refractivity contribution in [2.24, 2.45) is 0 Å². The fourth-order valence-electron chi connectivity index (χ4n) is 2.62. The quantitative estimate of drug-likeness (QED) is 0.418. The van der Waals surface area contributed by atoms with Crippen LogP contribution < -0.4 is 4.74 Å². The van der Waals surface area contributed by atoms with E-state index in [1.54, 1.807) is 11.8 Å². The van der Waals surface area contributed by atoms with E-state index in [0.29, 0.717) is 13.2 Å². The highest BCUT2D eigenvalue weighted by Gasteiger charge is 2.13. The molecule has 3 rings (SSSR count). The average Bonchev–Trinajstić information content (AvgIpc) is 3.03. The summed E-state index contributed by atoms with van der Waals surface area (Å²) in [6.45, 7) is 9.07. The first kappa shape index (κ1) is 18.3. The molecule has 0 unspecified atom stereocenters. The standard InChI is InChI=1S/C21H23N3OS/c1-4-13-24-20(14-25-19-12-8-6-10-17(19)3)22-23-21(24)26-15-18-11-7-5-9-16(18)2/h4-12H,1,13-15H2,2-3H3. The second-order valence-electron chi connectivity index (χ2n) is 6.07. The number of thioether (sulfide) groups is 1. The normalized spacial score (nSPS) is 10.7. The number of benzene rings is 2. The van der Waals surface area contributed by atoms with Gasteiger partial charge in [-0.15, -0.1) is 16.8 Å². The van der Waals surface area contributed by atoms with E-state index in [4.69, 9.17) is 4.74 Å². The third kappa shape index (κ3) is 4.35. The molecule has 0 fully saturated rings. The minimum absolute atomic E-state index is 0.386. The van der Waals surface area contributed by atoms with E-state index in [1.807, 2.05) is 37.3 Å². The fourth-order valence-corrected chi connectivity index (χ4v) is 3.66. The summed E-state index contributed by atoms with van der Waals surface area (Å²) in [7, 11) is 0. The van der Waals surface area contributed by atoms with Gasteiger partial charge in [-0.2, -0.15) is 0 Å². The molecule has 1 heterocycles. The Kier molecular flexibility index (Phi) is 6.12. The van der Waals surface area contributed by atoms with Gasteiger partial charge in [-0.05, 0) is 36.6 Å². The molecule has 3 aromatic rings. The Hall–Kier alpha value is -2.53. The second kappa shape index (κ2) is 8.72. The number of ether oxygens (including phenoxy) is 1. The number of aryl methyl sites for hydroxylation is 2. The maximum atomic E-state index is 5.94. The second-order valence-corrected chi connectivity index (χ2v) is 7.01. The van der Waals surface area contributed by atoms with Crippen molar-refractivity contribution in [3.8, 4) is 5.75 Å². The molecule has 2 aromatic carbocycles. The highest BCUT2D eigenvalue weighted by Crippen LogP contribution is 2.24. The largest absolute Gasteiger partial charge is 0.485 e. The summed E-state index contributed by atoms with van der Waals surface area (Å²) in [5.41, 5.74) is 3.71. The van der Waals surface area contributed by atoms with Crippen molar-refractivity contribution in [1.82, 2.24) is 14.8 Å². The topological polar surface area (TPSA) is 39.9 Å². The molecule has 0 aliphatic heterocycles. The molecule has 0 aliphatic carbocycles. The summed E-state index contributed by atoms with van der Waals surface area (Å²) in [5, 5.41) is 9.58. The molecule has 4 nitrogen and oxygen atoms in total. The van der Waals surface area contributed by atoms with E-state index in [2.05, 4.69) is 52.5 Å². The van der Waals surface area contributed by atoms with Crippen LogP contribution in [0.25, 0.3) is 0 Å². The summed E-state index contributed by atoms with van der Waals surface area (Å²) in [5.74, 6) is 2.54. The van der Waals surface area contributed by atoms with Crippen molar-refractivity contribution >= 4 is 11.8 Å². The monoisotopic (exact) mass is 365 g/mol. The van der Waals surface area contributed by atoms with Gasteiger partial charge in [-0.3, -0.25) is 4.57 Å². The molecule has 0 amide bonds. The molecule has 0 saturated heterocycles. The Balaban J connectivity index is 1.72. The SMILES string of the molecule is C=CCn1c(COc2ccccc2C)nnc1SCc1ccccc1C.